The number of amides is 1. The maximum absolute atomic E-state index is 12.3. The Balaban J connectivity index is 1.54. The number of aryl methyl sites for hydroxylation is 1. The van der Waals surface area contributed by atoms with Crippen LogP contribution >= 0.6 is 0 Å². The van der Waals surface area contributed by atoms with Crippen LogP contribution in [0.1, 0.15) is 24.0 Å². The number of carbonyl (C=O) groups excluding carboxylic acids is 1. The van der Waals surface area contributed by atoms with Gasteiger partial charge >= 0.3 is 0 Å². The largest absolute Gasteiger partial charge is 0.492 e. The highest BCUT2D eigenvalue weighted by Crippen LogP contribution is 2.25. The Morgan fingerprint density at radius 3 is 2.72 bits per heavy atom. The van der Waals surface area contributed by atoms with Gasteiger partial charge in [-0.05, 0) is 44.0 Å². The highest BCUT2D eigenvalue weighted by molar-refractivity contribution is 6.04. The van der Waals surface area contributed by atoms with Gasteiger partial charge in [-0.2, -0.15) is 5.26 Å². The molecule has 0 aliphatic heterocycles. The quantitative estimate of drug-likeness (QED) is 0.489. The van der Waals surface area contributed by atoms with E-state index in [0.717, 1.165) is 35.1 Å². The maximum atomic E-state index is 12.3. The maximum Gasteiger partial charge on any atom is 0.262 e. The monoisotopic (exact) mass is 385 g/mol. The van der Waals surface area contributed by atoms with Gasteiger partial charge in [0.2, 0.25) is 0 Å². The number of para-hydroxylation sites is 1. The lowest BCUT2D eigenvalue weighted by Gasteiger charge is -2.08. The molecule has 1 amide bonds. The fraction of sp³-hybridized carbons (Fsp3) is 0.250. The summed E-state index contributed by atoms with van der Waals surface area (Å²) in [5.74, 6) is 0.547. The van der Waals surface area contributed by atoms with Gasteiger partial charge in [0.25, 0.3) is 5.91 Å². The molecular weight excluding hydrogens is 362 g/mol. The van der Waals surface area contributed by atoms with Crippen molar-refractivity contribution in [2.75, 3.05) is 6.61 Å². The van der Waals surface area contributed by atoms with Crippen LogP contribution in [-0.4, -0.2) is 23.1 Å². The third kappa shape index (κ3) is 4.49. The van der Waals surface area contributed by atoms with Crippen molar-refractivity contribution in [3.63, 3.8) is 0 Å². The van der Waals surface area contributed by atoms with Gasteiger partial charge in [-0.3, -0.25) is 4.79 Å². The fourth-order valence-electron chi connectivity index (χ4n) is 3.27. The molecule has 5 heteroatoms. The van der Waals surface area contributed by atoms with E-state index in [4.69, 9.17) is 4.74 Å². The van der Waals surface area contributed by atoms with Gasteiger partial charge in [-0.15, -0.1) is 0 Å². The van der Waals surface area contributed by atoms with Crippen LogP contribution < -0.4 is 10.1 Å². The van der Waals surface area contributed by atoms with E-state index in [0.29, 0.717) is 13.2 Å². The molecule has 1 aliphatic rings. The van der Waals surface area contributed by atoms with Crippen LogP contribution in [0, 0.1) is 18.3 Å². The predicted molar refractivity (Wildman–Crippen MR) is 113 cm³/mol. The minimum absolute atomic E-state index is 0.135. The van der Waals surface area contributed by atoms with Crippen LogP contribution in [0.4, 0.5) is 0 Å². The van der Waals surface area contributed by atoms with Crippen molar-refractivity contribution in [3.05, 3.63) is 71.4 Å². The fourth-order valence-corrected chi connectivity index (χ4v) is 3.27. The summed E-state index contributed by atoms with van der Waals surface area (Å²) >= 11 is 0. The Labute approximate surface area is 170 Å². The molecule has 2 aromatic carbocycles. The first-order valence-electron chi connectivity index (χ1n) is 9.84. The van der Waals surface area contributed by atoms with Gasteiger partial charge in [0.05, 0.1) is 6.54 Å². The van der Waals surface area contributed by atoms with Crippen LogP contribution in [-0.2, 0) is 11.3 Å². The summed E-state index contributed by atoms with van der Waals surface area (Å²) in [6, 6.07) is 18.2. The Bertz CT molecular complexity index is 1100. The molecule has 5 nitrogen and oxygen atoms in total. The number of carbonyl (C=O) groups is 1. The lowest BCUT2D eigenvalue weighted by atomic mass is 10.1. The number of ether oxygens (including phenoxy) is 1. The van der Waals surface area contributed by atoms with Crippen LogP contribution in [0.15, 0.2) is 60.3 Å². The zero-order valence-corrected chi connectivity index (χ0v) is 16.4. The van der Waals surface area contributed by atoms with Gasteiger partial charge < -0.3 is 14.6 Å². The third-order valence-corrected chi connectivity index (χ3v) is 5.02. The molecule has 3 aromatic rings. The second-order valence-corrected chi connectivity index (χ2v) is 7.37. The molecule has 1 saturated carbocycles. The number of nitriles is 1. The van der Waals surface area contributed by atoms with Crippen molar-refractivity contribution in [2.24, 2.45) is 0 Å². The number of aromatic nitrogens is 1. The van der Waals surface area contributed by atoms with Crippen LogP contribution in [0.2, 0.25) is 0 Å². The molecule has 1 aromatic heterocycles. The molecule has 0 saturated heterocycles. The van der Waals surface area contributed by atoms with Gasteiger partial charge in [0.1, 0.15) is 24.0 Å². The summed E-state index contributed by atoms with van der Waals surface area (Å²) < 4.78 is 7.96. The van der Waals surface area contributed by atoms with E-state index in [9.17, 15) is 10.1 Å². The molecule has 29 heavy (non-hydrogen) atoms. The minimum atomic E-state index is -0.297. The van der Waals surface area contributed by atoms with Crippen molar-refractivity contribution in [1.29, 1.82) is 5.26 Å². The normalized spacial score (nSPS) is 13.9. The Morgan fingerprint density at radius 2 is 2.00 bits per heavy atom. The Hall–Kier alpha value is -3.52. The molecule has 0 unspecified atom stereocenters. The Morgan fingerprint density at radius 1 is 1.24 bits per heavy atom. The summed E-state index contributed by atoms with van der Waals surface area (Å²) in [6.45, 7) is 3.24. The third-order valence-electron chi connectivity index (χ3n) is 5.02. The van der Waals surface area contributed by atoms with Crippen LogP contribution in [0.5, 0.6) is 5.75 Å². The lowest BCUT2D eigenvalue weighted by Crippen LogP contribution is -2.26. The van der Waals surface area contributed by atoms with Crippen molar-refractivity contribution in [1.82, 2.24) is 9.88 Å². The minimum Gasteiger partial charge on any atom is -0.492 e. The predicted octanol–water partition coefficient (Wildman–Crippen LogP) is 4.21. The number of hydrogen-bond acceptors (Lipinski definition) is 3. The smallest absolute Gasteiger partial charge is 0.262 e. The van der Waals surface area contributed by atoms with Crippen LogP contribution in [0.3, 0.4) is 0 Å². The molecule has 0 spiro atoms. The average molecular weight is 385 g/mol. The summed E-state index contributed by atoms with van der Waals surface area (Å²) in [4.78, 5) is 12.3. The van der Waals surface area contributed by atoms with Gasteiger partial charge in [-0.1, -0.05) is 35.9 Å². The first-order chi connectivity index (χ1) is 14.1. The van der Waals surface area contributed by atoms with E-state index in [1.165, 1.54) is 5.56 Å². The highest BCUT2D eigenvalue weighted by Gasteiger charge is 2.24. The summed E-state index contributed by atoms with van der Waals surface area (Å²) in [5.41, 5.74) is 3.24. The second kappa shape index (κ2) is 8.24. The zero-order chi connectivity index (χ0) is 20.2. The molecule has 0 bridgehead atoms. The molecule has 146 valence electrons. The second-order valence-electron chi connectivity index (χ2n) is 7.37. The number of benzene rings is 2. The van der Waals surface area contributed by atoms with E-state index < -0.39 is 0 Å². The standard InChI is InChI=1S/C24H23N3O2/c1-17-6-10-21(11-7-17)29-13-12-27-16-19(22-4-2-3-5-23(22)27)14-18(15-25)24(28)26-20-8-9-20/h2-7,10-11,14,16,20H,8-9,12-13H2,1H3,(H,26,28)/b18-14+. The molecule has 4 rings (SSSR count). The van der Waals surface area contributed by atoms with Crippen molar-refractivity contribution in [3.8, 4) is 11.8 Å². The zero-order valence-electron chi connectivity index (χ0n) is 16.4. The number of fused-ring (bicyclic) bond motifs is 1. The molecule has 0 atom stereocenters. The summed E-state index contributed by atoms with van der Waals surface area (Å²) in [7, 11) is 0. The molecule has 1 fully saturated rings. The molecule has 0 radical (unpaired) electrons. The number of hydrogen-bond donors (Lipinski definition) is 1. The topological polar surface area (TPSA) is 67.0 Å². The summed E-state index contributed by atoms with van der Waals surface area (Å²) in [6.07, 6.45) is 5.64. The van der Waals surface area contributed by atoms with Crippen molar-refractivity contribution >= 4 is 22.9 Å². The van der Waals surface area contributed by atoms with Gasteiger partial charge in [0.15, 0.2) is 0 Å². The molecule has 1 N–H and O–H groups in total. The van der Waals surface area contributed by atoms with E-state index in [1.54, 1.807) is 6.08 Å². The van der Waals surface area contributed by atoms with Crippen molar-refractivity contribution in [2.45, 2.75) is 32.4 Å². The number of rotatable bonds is 7. The van der Waals surface area contributed by atoms with E-state index in [1.807, 2.05) is 67.7 Å². The van der Waals surface area contributed by atoms with Gasteiger partial charge in [-0.25, -0.2) is 0 Å². The molecule has 1 heterocycles. The molecular formula is C24H23N3O2. The van der Waals surface area contributed by atoms with E-state index >= 15 is 0 Å². The van der Waals surface area contributed by atoms with E-state index in [-0.39, 0.29) is 17.5 Å². The summed E-state index contributed by atoms with van der Waals surface area (Å²) in [5, 5.41) is 13.3. The van der Waals surface area contributed by atoms with Gasteiger partial charge in [0, 0.05) is 28.7 Å². The SMILES string of the molecule is Cc1ccc(OCCn2cc(/C=C(\C#N)C(=O)NC3CC3)c3ccccc32)cc1. The molecule has 1 aliphatic carbocycles. The van der Waals surface area contributed by atoms with E-state index in [2.05, 4.69) is 9.88 Å². The Kier molecular flexibility index (Phi) is 5.35. The first kappa shape index (κ1) is 18.8. The highest BCUT2D eigenvalue weighted by atomic mass is 16.5. The average Bonchev–Trinajstić information content (AvgIpc) is 3.48. The van der Waals surface area contributed by atoms with Crippen molar-refractivity contribution < 1.29 is 9.53 Å². The van der Waals surface area contributed by atoms with Crippen LogP contribution in [0.25, 0.3) is 17.0 Å². The lowest BCUT2D eigenvalue weighted by molar-refractivity contribution is -0.117. The first-order valence-corrected chi connectivity index (χ1v) is 9.84. The number of nitrogens with one attached hydrogen (secondary N) is 1. The number of nitrogens with zero attached hydrogens (tertiary/aromatic N) is 2.